The largest absolute Gasteiger partial charge is 0.382 e. The number of primary amides is 1. The van der Waals surface area contributed by atoms with Gasteiger partial charge in [-0.3, -0.25) is 9.59 Å². The summed E-state index contributed by atoms with van der Waals surface area (Å²) in [6, 6.07) is 11.2. The van der Waals surface area contributed by atoms with Crippen molar-refractivity contribution in [3.05, 3.63) is 70.3 Å². The van der Waals surface area contributed by atoms with Gasteiger partial charge in [-0.2, -0.15) is 0 Å². The molecule has 162 valence electrons. The quantitative estimate of drug-likeness (QED) is 0.341. The standard InChI is InChI=1S/C22H21N7O3/c1-25-9-12-2-4-13(5-3-12)16-8-18(32-29-16)20-21(24)26-11-17(28-20)15-6-14(7-19(23)30)22(31)27-10-15/h2-6,8,10-11,25H,7,9H2,1H3,(H2,23,30)(H2,24,26)(H,27,31). The Kier molecular flexibility index (Phi) is 5.77. The predicted molar refractivity (Wildman–Crippen MR) is 119 cm³/mol. The van der Waals surface area contributed by atoms with Crippen molar-refractivity contribution in [2.45, 2.75) is 13.0 Å². The Balaban J connectivity index is 1.67. The number of aromatic nitrogens is 4. The summed E-state index contributed by atoms with van der Waals surface area (Å²) in [5.41, 5.74) is 15.1. The van der Waals surface area contributed by atoms with Gasteiger partial charge in [-0.15, -0.1) is 0 Å². The zero-order chi connectivity index (χ0) is 22.7. The number of nitrogens with zero attached hydrogens (tertiary/aromatic N) is 3. The summed E-state index contributed by atoms with van der Waals surface area (Å²) in [5.74, 6) is -0.0829. The molecule has 6 N–H and O–H groups in total. The molecular weight excluding hydrogens is 410 g/mol. The normalized spacial score (nSPS) is 10.9. The van der Waals surface area contributed by atoms with Crippen molar-refractivity contribution in [2.75, 3.05) is 12.8 Å². The molecule has 10 nitrogen and oxygen atoms in total. The van der Waals surface area contributed by atoms with Crippen LogP contribution in [0.15, 0.2) is 58.1 Å². The van der Waals surface area contributed by atoms with Gasteiger partial charge in [0.25, 0.3) is 5.56 Å². The third kappa shape index (κ3) is 4.40. The summed E-state index contributed by atoms with van der Waals surface area (Å²) >= 11 is 0. The summed E-state index contributed by atoms with van der Waals surface area (Å²) in [7, 11) is 1.89. The Hall–Kier alpha value is -4.31. The van der Waals surface area contributed by atoms with Gasteiger partial charge in [0.1, 0.15) is 5.69 Å². The van der Waals surface area contributed by atoms with Crippen LogP contribution in [0.3, 0.4) is 0 Å². The van der Waals surface area contributed by atoms with Crippen LogP contribution in [0.2, 0.25) is 0 Å². The van der Waals surface area contributed by atoms with E-state index in [1.807, 2.05) is 31.3 Å². The van der Waals surface area contributed by atoms with Crippen LogP contribution in [0.5, 0.6) is 0 Å². The molecule has 0 unspecified atom stereocenters. The highest BCUT2D eigenvalue weighted by molar-refractivity contribution is 5.77. The topological polar surface area (TPSA) is 166 Å². The van der Waals surface area contributed by atoms with Crippen molar-refractivity contribution in [3.63, 3.8) is 0 Å². The number of aromatic amines is 1. The number of hydrogen-bond acceptors (Lipinski definition) is 8. The molecule has 0 aliphatic heterocycles. The summed E-state index contributed by atoms with van der Waals surface area (Å²) < 4.78 is 5.49. The van der Waals surface area contributed by atoms with Gasteiger partial charge in [0.05, 0.1) is 18.3 Å². The fourth-order valence-corrected chi connectivity index (χ4v) is 3.24. The molecule has 0 radical (unpaired) electrons. The minimum absolute atomic E-state index is 0.169. The fraction of sp³-hybridized carbons (Fsp3) is 0.136. The van der Waals surface area contributed by atoms with Crippen molar-refractivity contribution in [1.82, 2.24) is 25.4 Å². The number of amides is 1. The molecule has 1 amide bonds. The summed E-state index contributed by atoms with van der Waals surface area (Å²) in [5, 5.41) is 7.23. The van der Waals surface area contributed by atoms with E-state index in [1.54, 1.807) is 12.1 Å². The number of carbonyl (C=O) groups is 1. The van der Waals surface area contributed by atoms with Crippen LogP contribution in [-0.2, 0) is 17.8 Å². The first-order valence-electron chi connectivity index (χ1n) is 9.78. The molecule has 0 fully saturated rings. The van der Waals surface area contributed by atoms with Crippen LogP contribution in [-0.4, -0.2) is 33.1 Å². The van der Waals surface area contributed by atoms with Crippen LogP contribution < -0.4 is 22.3 Å². The smallest absolute Gasteiger partial charge is 0.251 e. The summed E-state index contributed by atoms with van der Waals surface area (Å²) in [4.78, 5) is 34.5. The lowest BCUT2D eigenvalue weighted by atomic mass is 10.1. The second-order valence-corrected chi connectivity index (χ2v) is 7.18. The number of nitrogens with two attached hydrogens (primary N) is 2. The van der Waals surface area contributed by atoms with Crippen molar-refractivity contribution < 1.29 is 9.32 Å². The van der Waals surface area contributed by atoms with E-state index in [4.69, 9.17) is 16.0 Å². The second-order valence-electron chi connectivity index (χ2n) is 7.18. The van der Waals surface area contributed by atoms with Gasteiger partial charge in [-0.05, 0) is 18.7 Å². The molecule has 3 aromatic heterocycles. The minimum atomic E-state index is -0.607. The number of anilines is 1. The van der Waals surface area contributed by atoms with Gasteiger partial charge in [0.15, 0.2) is 17.3 Å². The molecule has 0 atom stereocenters. The van der Waals surface area contributed by atoms with E-state index in [-0.39, 0.29) is 17.8 Å². The number of nitrogen functional groups attached to an aromatic ring is 1. The van der Waals surface area contributed by atoms with Crippen molar-refractivity contribution >= 4 is 11.7 Å². The molecular formula is C22H21N7O3. The Bertz CT molecular complexity index is 1330. The third-order valence-corrected chi connectivity index (χ3v) is 4.82. The van der Waals surface area contributed by atoms with Crippen molar-refractivity contribution in [1.29, 1.82) is 0 Å². The zero-order valence-electron chi connectivity index (χ0n) is 17.3. The molecule has 0 aliphatic carbocycles. The maximum atomic E-state index is 11.9. The van der Waals surface area contributed by atoms with Gasteiger partial charge in [0.2, 0.25) is 5.91 Å². The molecule has 4 rings (SSSR count). The lowest BCUT2D eigenvalue weighted by molar-refractivity contribution is -0.117. The molecule has 4 aromatic rings. The number of carbonyl (C=O) groups excluding carboxylic acids is 1. The lowest BCUT2D eigenvalue weighted by Crippen LogP contribution is -2.21. The molecule has 0 aliphatic rings. The van der Waals surface area contributed by atoms with Gasteiger partial charge in [-0.25, -0.2) is 9.97 Å². The Morgan fingerprint density at radius 1 is 1.16 bits per heavy atom. The fourth-order valence-electron chi connectivity index (χ4n) is 3.24. The van der Waals surface area contributed by atoms with Gasteiger partial charge in [0, 0.05) is 35.5 Å². The molecule has 10 heteroatoms. The zero-order valence-corrected chi connectivity index (χ0v) is 17.3. The first kappa shape index (κ1) is 20.9. The second kappa shape index (κ2) is 8.82. The number of nitrogens with one attached hydrogen (secondary N) is 2. The molecule has 0 bridgehead atoms. The van der Waals surface area contributed by atoms with Crippen LogP contribution in [0.1, 0.15) is 11.1 Å². The lowest BCUT2D eigenvalue weighted by Gasteiger charge is -2.06. The maximum Gasteiger partial charge on any atom is 0.251 e. The Morgan fingerprint density at radius 2 is 1.94 bits per heavy atom. The van der Waals surface area contributed by atoms with Crippen LogP contribution in [0.25, 0.3) is 34.0 Å². The molecule has 1 aromatic carbocycles. The maximum absolute atomic E-state index is 11.9. The van der Waals surface area contributed by atoms with E-state index < -0.39 is 11.5 Å². The highest BCUT2D eigenvalue weighted by Crippen LogP contribution is 2.29. The molecule has 0 saturated heterocycles. The number of hydrogen-bond donors (Lipinski definition) is 4. The summed E-state index contributed by atoms with van der Waals surface area (Å²) in [6.45, 7) is 0.773. The average Bonchev–Trinajstić information content (AvgIpc) is 3.26. The van der Waals surface area contributed by atoms with Gasteiger partial charge < -0.3 is 26.3 Å². The van der Waals surface area contributed by atoms with E-state index >= 15 is 0 Å². The predicted octanol–water partition coefficient (Wildman–Crippen LogP) is 1.48. The summed E-state index contributed by atoms with van der Waals surface area (Å²) in [6.07, 6.45) is 2.77. The molecule has 32 heavy (non-hydrogen) atoms. The Labute approximate surface area is 182 Å². The van der Waals surface area contributed by atoms with Gasteiger partial charge in [-0.1, -0.05) is 29.4 Å². The van der Waals surface area contributed by atoms with E-state index in [0.29, 0.717) is 28.4 Å². The molecule has 0 spiro atoms. The van der Waals surface area contributed by atoms with E-state index in [0.717, 1.165) is 17.7 Å². The highest BCUT2D eigenvalue weighted by atomic mass is 16.5. The van der Waals surface area contributed by atoms with Crippen molar-refractivity contribution in [2.24, 2.45) is 5.73 Å². The highest BCUT2D eigenvalue weighted by Gasteiger charge is 2.16. The van der Waals surface area contributed by atoms with Gasteiger partial charge >= 0.3 is 0 Å². The van der Waals surface area contributed by atoms with Crippen LogP contribution in [0.4, 0.5) is 5.82 Å². The molecule has 0 saturated carbocycles. The van der Waals surface area contributed by atoms with E-state index in [2.05, 4.69) is 25.4 Å². The minimum Gasteiger partial charge on any atom is -0.382 e. The van der Waals surface area contributed by atoms with Crippen LogP contribution in [0, 0.1) is 0 Å². The van der Waals surface area contributed by atoms with E-state index in [1.165, 1.54) is 12.4 Å². The number of benzene rings is 1. The van der Waals surface area contributed by atoms with E-state index in [9.17, 15) is 9.59 Å². The SMILES string of the molecule is CNCc1ccc(-c2cc(-c3nc(-c4c[nH]c(=O)c(CC(N)=O)c4)cnc3N)on2)cc1. The number of H-pyrrole nitrogens is 1. The first-order valence-corrected chi connectivity index (χ1v) is 9.78. The number of rotatable bonds is 7. The average molecular weight is 431 g/mol. The monoisotopic (exact) mass is 431 g/mol. The molecule has 3 heterocycles. The van der Waals surface area contributed by atoms with Crippen molar-refractivity contribution in [3.8, 4) is 34.0 Å². The van der Waals surface area contributed by atoms with Crippen LogP contribution >= 0.6 is 0 Å². The third-order valence-electron chi connectivity index (χ3n) is 4.82. The number of pyridine rings is 1. The first-order chi connectivity index (χ1) is 15.4. The Morgan fingerprint density at radius 3 is 2.66 bits per heavy atom.